The van der Waals surface area contributed by atoms with Gasteiger partial charge in [-0.2, -0.15) is 0 Å². The van der Waals surface area contributed by atoms with Gasteiger partial charge in [0.15, 0.2) is 0 Å². The van der Waals surface area contributed by atoms with E-state index >= 15 is 0 Å². The van der Waals surface area contributed by atoms with Crippen molar-refractivity contribution in [1.82, 2.24) is 0 Å². The lowest BCUT2D eigenvalue weighted by molar-refractivity contribution is 0.117. The first-order chi connectivity index (χ1) is 7.01. The van der Waals surface area contributed by atoms with Gasteiger partial charge in [-0.05, 0) is 43.9 Å². The molecule has 0 amide bonds. The fraction of sp³-hybridized carbons (Fsp3) is 1.00. The van der Waals surface area contributed by atoms with Crippen molar-refractivity contribution in [2.45, 2.75) is 64.0 Å². The molecule has 2 saturated carbocycles. The summed E-state index contributed by atoms with van der Waals surface area (Å²) >= 11 is 0. The predicted octanol–water partition coefficient (Wildman–Crippen LogP) is 2.27. The summed E-state index contributed by atoms with van der Waals surface area (Å²) in [5.74, 6) is 2.09. The van der Waals surface area contributed by atoms with Gasteiger partial charge in [0.05, 0.1) is 0 Å². The second-order valence-corrected chi connectivity index (χ2v) is 6.15. The average molecular weight is 210 g/mol. The fourth-order valence-electron chi connectivity index (χ4n) is 3.87. The highest BCUT2D eigenvalue weighted by molar-refractivity contribution is 5.00. The lowest BCUT2D eigenvalue weighted by Crippen LogP contribution is -2.52. The summed E-state index contributed by atoms with van der Waals surface area (Å²) in [5.41, 5.74) is 12.8. The van der Waals surface area contributed by atoms with Crippen LogP contribution in [-0.4, -0.2) is 11.6 Å². The minimum atomic E-state index is 0.0131. The van der Waals surface area contributed by atoms with Gasteiger partial charge in [-0.3, -0.25) is 0 Å². The van der Waals surface area contributed by atoms with Gasteiger partial charge in [0.1, 0.15) is 0 Å². The van der Waals surface area contributed by atoms with Crippen molar-refractivity contribution < 1.29 is 0 Å². The van der Waals surface area contributed by atoms with Crippen LogP contribution >= 0.6 is 0 Å². The van der Waals surface area contributed by atoms with Crippen LogP contribution in [0.15, 0.2) is 0 Å². The van der Waals surface area contributed by atoms with Crippen LogP contribution in [0.4, 0.5) is 0 Å². The molecule has 88 valence electrons. The highest BCUT2D eigenvalue weighted by Crippen LogP contribution is 2.45. The largest absolute Gasteiger partial charge is 0.328 e. The number of hydrogen-bond acceptors (Lipinski definition) is 2. The third kappa shape index (κ3) is 2.07. The van der Waals surface area contributed by atoms with E-state index in [-0.39, 0.29) is 5.54 Å². The molecule has 0 aliphatic heterocycles. The van der Waals surface area contributed by atoms with Crippen molar-refractivity contribution in [3.05, 3.63) is 0 Å². The summed E-state index contributed by atoms with van der Waals surface area (Å²) in [7, 11) is 0. The van der Waals surface area contributed by atoms with Gasteiger partial charge in [-0.25, -0.2) is 0 Å². The number of fused-ring (bicyclic) bond motifs is 1. The number of hydrogen-bond donors (Lipinski definition) is 2. The van der Waals surface area contributed by atoms with E-state index < -0.39 is 0 Å². The molecule has 0 aromatic heterocycles. The average Bonchev–Trinajstić information content (AvgIpc) is 2.24. The minimum Gasteiger partial charge on any atom is -0.328 e. The first-order valence-corrected chi connectivity index (χ1v) is 6.56. The molecule has 2 heteroatoms. The highest BCUT2D eigenvalue weighted by Gasteiger charge is 2.44. The van der Waals surface area contributed by atoms with Gasteiger partial charge in [0, 0.05) is 11.6 Å². The maximum absolute atomic E-state index is 6.58. The zero-order valence-corrected chi connectivity index (χ0v) is 10.2. The van der Waals surface area contributed by atoms with E-state index in [1.807, 2.05) is 0 Å². The van der Waals surface area contributed by atoms with E-state index in [9.17, 15) is 0 Å². The van der Waals surface area contributed by atoms with Crippen molar-refractivity contribution in [2.75, 3.05) is 0 Å². The molecule has 15 heavy (non-hydrogen) atoms. The standard InChI is InChI=1S/C13H26N2/c1-9-7-11(14)8-10-5-3-4-6-12(10)13(9,2)15/h9-12H,3-8,14-15H2,1-2H3. The van der Waals surface area contributed by atoms with Gasteiger partial charge in [0.2, 0.25) is 0 Å². The summed E-state index contributed by atoms with van der Waals surface area (Å²) in [5, 5.41) is 0. The third-order valence-electron chi connectivity index (χ3n) is 5.03. The molecule has 0 bridgehead atoms. The highest BCUT2D eigenvalue weighted by atomic mass is 14.8. The van der Waals surface area contributed by atoms with E-state index in [1.165, 1.54) is 32.1 Å². The van der Waals surface area contributed by atoms with Crippen molar-refractivity contribution in [1.29, 1.82) is 0 Å². The molecule has 0 heterocycles. The molecular weight excluding hydrogens is 184 g/mol. The smallest absolute Gasteiger partial charge is 0.0183 e. The van der Waals surface area contributed by atoms with Gasteiger partial charge < -0.3 is 11.5 Å². The van der Waals surface area contributed by atoms with E-state index in [4.69, 9.17) is 11.5 Å². The molecule has 5 atom stereocenters. The lowest BCUT2D eigenvalue weighted by Gasteiger charge is -2.43. The van der Waals surface area contributed by atoms with Crippen LogP contribution in [0.1, 0.15) is 52.4 Å². The van der Waals surface area contributed by atoms with Gasteiger partial charge in [-0.15, -0.1) is 0 Å². The monoisotopic (exact) mass is 210 g/mol. The molecule has 2 fully saturated rings. The Morgan fingerprint density at radius 1 is 1.13 bits per heavy atom. The number of nitrogens with two attached hydrogens (primary N) is 2. The molecular formula is C13H26N2. The summed E-state index contributed by atoms with van der Waals surface area (Å²) in [4.78, 5) is 0. The molecule has 0 aromatic carbocycles. The maximum atomic E-state index is 6.58. The zero-order chi connectivity index (χ0) is 11.1. The summed E-state index contributed by atoms with van der Waals surface area (Å²) < 4.78 is 0. The van der Waals surface area contributed by atoms with Crippen LogP contribution in [-0.2, 0) is 0 Å². The van der Waals surface area contributed by atoms with Crippen LogP contribution in [0.2, 0.25) is 0 Å². The Kier molecular flexibility index (Phi) is 3.09. The van der Waals surface area contributed by atoms with E-state index in [0.29, 0.717) is 12.0 Å². The first-order valence-electron chi connectivity index (χ1n) is 6.56. The molecule has 2 aliphatic carbocycles. The van der Waals surface area contributed by atoms with Gasteiger partial charge in [0.25, 0.3) is 0 Å². The molecule has 2 aliphatic rings. The van der Waals surface area contributed by atoms with Crippen molar-refractivity contribution in [2.24, 2.45) is 29.2 Å². The fourth-order valence-corrected chi connectivity index (χ4v) is 3.87. The van der Waals surface area contributed by atoms with Crippen LogP contribution < -0.4 is 11.5 Å². The van der Waals surface area contributed by atoms with E-state index in [1.54, 1.807) is 0 Å². The maximum Gasteiger partial charge on any atom is 0.0183 e. The van der Waals surface area contributed by atoms with Crippen molar-refractivity contribution in [3.8, 4) is 0 Å². The first kappa shape index (κ1) is 11.4. The van der Waals surface area contributed by atoms with E-state index in [2.05, 4.69) is 13.8 Å². The molecule has 2 nitrogen and oxygen atoms in total. The summed E-state index contributed by atoms with van der Waals surface area (Å²) in [6.45, 7) is 4.55. The Morgan fingerprint density at radius 2 is 1.80 bits per heavy atom. The van der Waals surface area contributed by atoms with Crippen LogP contribution in [0, 0.1) is 17.8 Å². The Labute approximate surface area is 93.8 Å². The van der Waals surface area contributed by atoms with Gasteiger partial charge in [-0.1, -0.05) is 26.2 Å². The lowest BCUT2D eigenvalue weighted by atomic mass is 9.66. The van der Waals surface area contributed by atoms with Crippen molar-refractivity contribution in [3.63, 3.8) is 0 Å². The Balaban J connectivity index is 2.22. The van der Waals surface area contributed by atoms with Crippen LogP contribution in [0.25, 0.3) is 0 Å². The van der Waals surface area contributed by atoms with E-state index in [0.717, 1.165) is 18.3 Å². The second kappa shape index (κ2) is 4.06. The van der Waals surface area contributed by atoms with Gasteiger partial charge >= 0.3 is 0 Å². The second-order valence-electron chi connectivity index (χ2n) is 6.15. The quantitative estimate of drug-likeness (QED) is 0.644. The van der Waals surface area contributed by atoms with Crippen LogP contribution in [0.3, 0.4) is 0 Å². The minimum absolute atomic E-state index is 0.0131. The molecule has 2 rings (SSSR count). The number of rotatable bonds is 0. The molecule has 0 saturated heterocycles. The molecule has 5 unspecified atom stereocenters. The molecule has 0 spiro atoms. The molecule has 0 aromatic rings. The topological polar surface area (TPSA) is 52.0 Å². The summed E-state index contributed by atoms with van der Waals surface area (Å²) in [6.07, 6.45) is 7.77. The predicted molar refractivity (Wildman–Crippen MR) is 64.4 cm³/mol. The normalized spacial score (nSPS) is 52.0. The van der Waals surface area contributed by atoms with Crippen LogP contribution in [0.5, 0.6) is 0 Å². The SMILES string of the molecule is CC1CC(N)CC2CCCCC2C1(C)N. The Hall–Kier alpha value is -0.0800. The molecule has 4 N–H and O–H groups in total. The Bertz CT molecular complexity index is 225. The summed E-state index contributed by atoms with van der Waals surface area (Å²) in [6, 6.07) is 0.385. The van der Waals surface area contributed by atoms with Crippen molar-refractivity contribution >= 4 is 0 Å². The molecule has 0 radical (unpaired) electrons. The third-order valence-corrected chi connectivity index (χ3v) is 5.03. The zero-order valence-electron chi connectivity index (χ0n) is 10.2. The Morgan fingerprint density at radius 3 is 2.53 bits per heavy atom.